The molecule has 0 aromatic heterocycles. The van der Waals surface area contributed by atoms with Crippen LogP contribution >= 0.6 is 0 Å². The average Bonchev–Trinajstić information content (AvgIpc) is 2.27. The lowest BCUT2D eigenvalue weighted by molar-refractivity contribution is 0.434. The van der Waals surface area contributed by atoms with Crippen molar-refractivity contribution in [2.75, 3.05) is 38.7 Å². The van der Waals surface area contributed by atoms with Gasteiger partial charge in [0.2, 0.25) is 0 Å². The molecule has 0 radical (unpaired) electrons. The van der Waals surface area contributed by atoms with Gasteiger partial charge in [-0.3, -0.25) is 0 Å². The molecule has 9 heteroatoms. The Morgan fingerprint density at radius 1 is 1.37 bits per heavy atom. The van der Waals surface area contributed by atoms with Crippen molar-refractivity contribution in [3.8, 4) is 0 Å². The maximum atomic E-state index is 12.0. The Bertz CT molecular complexity index is 475. The van der Waals surface area contributed by atoms with Crippen LogP contribution in [0.2, 0.25) is 0 Å². The SMILES string of the molecule is CNCCCN(C)S(=O)(=O)NC1CCCS(=O)(=O)C1. The first-order chi connectivity index (χ1) is 8.77. The minimum absolute atomic E-state index is 0.101. The number of sulfone groups is 1. The summed E-state index contributed by atoms with van der Waals surface area (Å²) in [5.41, 5.74) is 0. The van der Waals surface area contributed by atoms with Crippen LogP contribution in [0.15, 0.2) is 0 Å². The zero-order valence-corrected chi connectivity index (χ0v) is 13.1. The molecule has 0 aliphatic carbocycles. The second-order valence-corrected chi connectivity index (χ2v) is 8.89. The Balaban J connectivity index is 2.54. The first-order valence-electron chi connectivity index (χ1n) is 6.35. The summed E-state index contributed by atoms with van der Waals surface area (Å²) in [6, 6.07) is -0.504. The second-order valence-electron chi connectivity index (χ2n) is 4.86. The van der Waals surface area contributed by atoms with Crippen LogP contribution in [0.5, 0.6) is 0 Å². The second kappa shape index (κ2) is 6.98. The van der Waals surface area contributed by atoms with E-state index < -0.39 is 26.1 Å². The lowest BCUT2D eigenvalue weighted by Crippen LogP contribution is -2.48. The van der Waals surface area contributed by atoms with E-state index in [9.17, 15) is 16.8 Å². The quantitative estimate of drug-likeness (QED) is 0.584. The summed E-state index contributed by atoms with van der Waals surface area (Å²) in [6.07, 6.45) is 1.79. The fourth-order valence-corrected chi connectivity index (χ4v) is 4.93. The van der Waals surface area contributed by atoms with Gasteiger partial charge in [0, 0.05) is 19.6 Å². The highest BCUT2D eigenvalue weighted by Gasteiger charge is 2.29. The molecule has 1 fully saturated rings. The van der Waals surface area contributed by atoms with Gasteiger partial charge >= 0.3 is 0 Å². The van der Waals surface area contributed by atoms with E-state index >= 15 is 0 Å². The third kappa shape index (κ3) is 5.74. The Morgan fingerprint density at radius 2 is 2.05 bits per heavy atom. The summed E-state index contributed by atoms with van der Waals surface area (Å²) in [6.45, 7) is 1.13. The fraction of sp³-hybridized carbons (Fsp3) is 1.00. The number of hydrogen-bond acceptors (Lipinski definition) is 5. The van der Waals surface area contributed by atoms with E-state index in [1.54, 1.807) is 7.05 Å². The van der Waals surface area contributed by atoms with E-state index in [1.165, 1.54) is 11.4 Å². The molecule has 19 heavy (non-hydrogen) atoms. The smallest absolute Gasteiger partial charge is 0.279 e. The lowest BCUT2D eigenvalue weighted by atomic mass is 10.2. The first-order valence-corrected chi connectivity index (χ1v) is 9.61. The number of nitrogens with one attached hydrogen (secondary N) is 2. The van der Waals surface area contributed by atoms with Crippen molar-refractivity contribution in [3.63, 3.8) is 0 Å². The minimum atomic E-state index is -3.60. The molecule has 0 aromatic carbocycles. The summed E-state index contributed by atoms with van der Waals surface area (Å²) in [5, 5.41) is 2.95. The van der Waals surface area contributed by atoms with Gasteiger partial charge in [-0.05, 0) is 32.9 Å². The molecular formula is C10H23N3O4S2. The molecule has 0 aromatic rings. The fourth-order valence-electron chi connectivity index (χ4n) is 2.02. The van der Waals surface area contributed by atoms with Gasteiger partial charge in [0.1, 0.15) is 0 Å². The minimum Gasteiger partial charge on any atom is -0.320 e. The summed E-state index contributed by atoms with van der Waals surface area (Å²) < 4.78 is 50.7. The average molecular weight is 313 g/mol. The van der Waals surface area contributed by atoms with Crippen LogP contribution in [0.4, 0.5) is 0 Å². The molecular weight excluding hydrogens is 290 g/mol. The molecule has 0 bridgehead atoms. The van der Waals surface area contributed by atoms with Crippen LogP contribution in [0.1, 0.15) is 19.3 Å². The molecule has 0 spiro atoms. The molecule has 1 aliphatic heterocycles. The molecule has 1 heterocycles. The number of hydrogen-bond donors (Lipinski definition) is 2. The predicted molar refractivity (Wildman–Crippen MR) is 74.9 cm³/mol. The van der Waals surface area contributed by atoms with Crippen molar-refractivity contribution in [1.82, 2.24) is 14.3 Å². The van der Waals surface area contributed by atoms with Gasteiger partial charge < -0.3 is 5.32 Å². The van der Waals surface area contributed by atoms with Crippen LogP contribution in [0.3, 0.4) is 0 Å². The number of rotatable bonds is 7. The van der Waals surface area contributed by atoms with E-state index in [-0.39, 0.29) is 11.5 Å². The predicted octanol–water partition coefficient (Wildman–Crippen LogP) is -1.06. The molecule has 1 rings (SSSR count). The highest BCUT2D eigenvalue weighted by atomic mass is 32.2. The van der Waals surface area contributed by atoms with Gasteiger partial charge in [-0.1, -0.05) is 0 Å². The summed E-state index contributed by atoms with van der Waals surface area (Å²) >= 11 is 0. The zero-order valence-electron chi connectivity index (χ0n) is 11.4. The number of nitrogens with zero attached hydrogens (tertiary/aromatic N) is 1. The van der Waals surface area contributed by atoms with Crippen LogP contribution in [-0.4, -0.2) is 65.9 Å². The summed E-state index contributed by atoms with van der Waals surface area (Å²) in [5.74, 6) is 0.0554. The van der Waals surface area contributed by atoms with E-state index in [0.717, 1.165) is 6.54 Å². The van der Waals surface area contributed by atoms with Gasteiger partial charge in [-0.25, -0.2) is 8.42 Å². The molecule has 0 amide bonds. The van der Waals surface area contributed by atoms with Gasteiger partial charge in [-0.15, -0.1) is 0 Å². The third-order valence-corrected chi connectivity index (χ3v) is 6.54. The van der Waals surface area contributed by atoms with E-state index in [0.29, 0.717) is 25.8 Å². The van der Waals surface area contributed by atoms with Gasteiger partial charge in [-0.2, -0.15) is 17.4 Å². The van der Waals surface area contributed by atoms with Crippen molar-refractivity contribution < 1.29 is 16.8 Å². The third-order valence-electron chi connectivity index (χ3n) is 3.09. The Morgan fingerprint density at radius 3 is 2.63 bits per heavy atom. The lowest BCUT2D eigenvalue weighted by Gasteiger charge is -2.25. The first kappa shape index (κ1) is 16.8. The zero-order chi connectivity index (χ0) is 14.5. The van der Waals surface area contributed by atoms with Crippen molar-refractivity contribution in [2.24, 2.45) is 0 Å². The molecule has 0 saturated carbocycles. The molecule has 7 nitrogen and oxygen atoms in total. The van der Waals surface area contributed by atoms with Crippen LogP contribution in [0, 0.1) is 0 Å². The van der Waals surface area contributed by atoms with Crippen molar-refractivity contribution in [3.05, 3.63) is 0 Å². The maximum Gasteiger partial charge on any atom is 0.279 e. The standard InChI is InChI=1S/C10H23N3O4S2/c1-11-6-4-7-13(2)19(16,17)12-10-5-3-8-18(14,15)9-10/h10-12H,3-9H2,1-2H3. The molecule has 114 valence electrons. The molecule has 1 atom stereocenters. The van der Waals surface area contributed by atoms with Crippen LogP contribution in [-0.2, 0) is 20.0 Å². The van der Waals surface area contributed by atoms with Crippen LogP contribution < -0.4 is 10.0 Å². The topological polar surface area (TPSA) is 95.6 Å². The van der Waals surface area contributed by atoms with E-state index in [2.05, 4.69) is 10.0 Å². The Labute approximate surface area is 115 Å². The highest BCUT2D eigenvalue weighted by Crippen LogP contribution is 2.13. The van der Waals surface area contributed by atoms with Gasteiger partial charge in [0.15, 0.2) is 9.84 Å². The van der Waals surface area contributed by atoms with Crippen molar-refractivity contribution in [1.29, 1.82) is 0 Å². The molecule has 1 unspecified atom stereocenters. The van der Waals surface area contributed by atoms with Crippen LogP contribution in [0.25, 0.3) is 0 Å². The van der Waals surface area contributed by atoms with E-state index in [1.807, 2.05) is 0 Å². The monoisotopic (exact) mass is 313 g/mol. The van der Waals surface area contributed by atoms with Gasteiger partial charge in [0.05, 0.1) is 11.5 Å². The molecule has 1 saturated heterocycles. The van der Waals surface area contributed by atoms with Crippen molar-refractivity contribution >= 4 is 20.0 Å². The summed E-state index contributed by atoms with van der Waals surface area (Å²) in [7, 11) is -3.41. The highest BCUT2D eigenvalue weighted by molar-refractivity contribution is 7.91. The Hall–Kier alpha value is -0.220. The van der Waals surface area contributed by atoms with Gasteiger partial charge in [0.25, 0.3) is 10.2 Å². The maximum absolute atomic E-state index is 12.0. The normalized spacial score (nSPS) is 23.6. The summed E-state index contributed by atoms with van der Waals surface area (Å²) in [4.78, 5) is 0. The van der Waals surface area contributed by atoms with Crippen molar-refractivity contribution in [2.45, 2.75) is 25.3 Å². The molecule has 1 aliphatic rings. The Kier molecular flexibility index (Phi) is 6.18. The molecule has 2 N–H and O–H groups in total. The van der Waals surface area contributed by atoms with E-state index in [4.69, 9.17) is 0 Å². The largest absolute Gasteiger partial charge is 0.320 e.